The van der Waals surface area contributed by atoms with E-state index in [4.69, 9.17) is 10.5 Å². The third-order valence-corrected chi connectivity index (χ3v) is 3.38. The van der Waals surface area contributed by atoms with Crippen LogP contribution in [0, 0.1) is 0 Å². The van der Waals surface area contributed by atoms with Crippen LogP contribution < -0.4 is 5.73 Å². The van der Waals surface area contributed by atoms with Crippen LogP contribution >= 0.6 is 12.4 Å². The van der Waals surface area contributed by atoms with Crippen molar-refractivity contribution >= 4 is 18.3 Å². The standard InChI is InChI=1S/C15H22N2O2.ClH/c16-9-10-17(12-13-6-2-1-3-7-13)15(18)14-8-4-5-11-19-14;/h1-3,6-7,14H,4-5,8-12,16H2;1H. The van der Waals surface area contributed by atoms with Crippen LogP contribution in [0.15, 0.2) is 30.3 Å². The molecule has 1 atom stereocenters. The summed E-state index contributed by atoms with van der Waals surface area (Å²) < 4.78 is 5.57. The zero-order valence-electron chi connectivity index (χ0n) is 11.7. The van der Waals surface area contributed by atoms with Gasteiger partial charge >= 0.3 is 0 Å². The van der Waals surface area contributed by atoms with E-state index < -0.39 is 0 Å². The van der Waals surface area contributed by atoms with E-state index in [1.807, 2.05) is 35.2 Å². The minimum atomic E-state index is -0.274. The first-order chi connectivity index (χ1) is 9.31. The average molecular weight is 299 g/mol. The Morgan fingerprint density at radius 3 is 2.65 bits per heavy atom. The summed E-state index contributed by atoms with van der Waals surface area (Å²) in [5, 5.41) is 0. The second-order valence-electron chi connectivity index (χ2n) is 4.89. The zero-order chi connectivity index (χ0) is 13.5. The zero-order valence-corrected chi connectivity index (χ0v) is 12.5. The first-order valence-electron chi connectivity index (χ1n) is 6.95. The van der Waals surface area contributed by atoms with Gasteiger partial charge in [-0.3, -0.25) is 4.79 Å². The van der Waals surface area contributed by atoms with Gasteiger partial charge in [0.15, 0.2) is 0 Å². The van der Waals surface area contributed by atoms with Gasteiger partial charge in [0.05, 0.1) is 0 Å². The topological polar surface area (TPSA) is 55.6 Å². The molecule has 1 aromatic rings. The largest absolute Gasteiger partial charge is 0.368 e. The van der Waals surface area contributed by atoms with Crippen LogP contribution in [0.1, 0.15) is 24.8 Å². The summed E-state index contributed by atoms with van der Waals surface area (Å²) in [7, 11) is 0. The second kappa shape index (κ2) is 8.95. The van der Waals surface area contributed by atoms with Crippen molar-refractivity contribution in [1.29, 1.82) is 0 Å². The van der Waals surface area contributed by atoms with Crippen molar-refractivity contribution in [1.82, 2.24) is 4.90 Å². The van der Waals surface area contributed by atoms with Crippen molar-refractivity contribution in [3.63, 3.8) is 0 Å². The Hall–Kier alpha value is -1.10. The van der Waals surface area contributed by atoms with Crippen LogP contribution in [0.3, 0.4) is 0 Å². The summed E-state index contributed by atoms with van der Waals surface area (Å²) in [5.41, 5.74) is 6.74. The number of nitrogens with two attached hydrogens (primary N) is 1. The lowest BCUT2D eigenvalue weighted by molar-refractivity contribution is -0.147. The van der Waals surface area contributed by atoms with Crippen molar-refractivity contribution < 1.29 is 9.53 Å². The fourth-order valence-corrected chi connectivity index (χ4v) is 2.37. The van der Waals surface area contributed by atoms with Crippen molar-refractivity contribution in [3.8, 4) is 0 Å². The Morgan fingerprint density at radius 1 is 1.30 bits per heavy atom. The molecule has 20 heavy (non-hydrogen) atoms. The van der Waals surface area contributed by atoms with Crippen molar-refractivity contribution in [2.75, 3.05) is 19.7 Å². The van der Waals surface area contributed by atoms with Crippen LogP contribution in [0.5, 0.6) is 0 Å². The summed E-state index contributed by atoms with van der Waals surface area (Å²) in [6.07, 6.45) is 2.68. The molecule has 1 fully saturated rings. The molecule has 2 rings (SSSR count). The smallest absolute Gasteiger partial charge is 0.252 e. The van der Waals surface area contributed by atoms with Gasteiger partial charge in [-0.2, -0.15) is 0 Å². The van der Waals surface area contributed by atoms with Crippen molar-refractivity contribution in [2.45, 2.75) is 31.9 Å². The highest BCUT2D eigenvalue weighted by molar-refractivity contribution is 5.85. The van der Waals surface area contributed by atoms with Crippen LogP contribution in [-0.4, -0.2) is 36.6 Å². The number of hydrogen-bond donors (Lipinski definition) is 1. The minimum Gasteiger partial charge on any atom is -0.368 e. The van der Waals surface area contributed by atoms with Crippen LogP contribution in [0.25, 0.3) is 0 Å². The number of carbonyl (C=O) groups excluding carboxylic acids is 1. The van der Waals surface area contributed by atoms with Gasteiger partial charge in [0, 0.05) is 26.2 Å². The summed E-state index contributed by atoms with van der Waals surface area (Å²) in [6.45, 7) is 2.35. The Labute approximate surface area is 126 Å². The molecule has 1 amide bonds. The van der Waals surface area contributed by atoms with Gasteiger partial charge < -0.3 is 15.4 Å². The van der Waals surface area contributed by atoms with E-state index in [1.54, 1.807) is 0 Å². The first kappa shape index (κ1) is 17.0. The molecule has 1 aliphatic heterocycles. The summed E-state index contributed by atoms with van der Waals surface area (Å²) in [6, 6.07) is 10.00. The van der Waals surface area contributed by atoms with Crippen molar-refractivity contribution in [2.24, 2.45) is 5.73 Å². The Balaban J connectivity index is 0.00000200. The van der Waals surface area contributed by atoms with Crippen LogP contribution in [0.2, 0.25) is 0 Å². The number of amides is 1. The molecule has 4 nitrogen and oxygen atoms in total. The molecular formula is C15H23ClN2O2. The van der Waals surface area contributed by atoms with Crippen molar-refractivity contribution in [3.05, 3.63) is 35.9 Å². The molecule has 5 heteroatoms. The molecule has 0 aromatic heterocycles. The van der Waals surface area contributed by atoms with Gasteiger partial charge in [0.2, 0.25) is 0 Å². The highest BCUT2D eigenvalue weighted by Gasteiger charge is 2.26. The van der Waals surface area contributed by atoms with Gasteiger partial charge in [-0.05, 0) is 24.8 Å². The number of halogens is 1. The molecule has 1 heterocycles. The van der Waals surface area contributed by atoms with Gasteiger partial charge in [-0.15, -0.1) is 12.4 Å². The summed E-state index contributed by atoms with van der Waals surface area (Å²) in [5.74, 6) is 0.0778. The van der Waals surface area contributed by atoms with E-state index in [2.05, 4.69) is 0 Å². The molecule has 1 unspecified atom stereocenters. The lowest BCUT2D eigenvalue weighted by Crippen LogP contribution is -2.43. The molecule has 0 bridgehead atoms. The van der Waals surface area contributed by atoms with E-state index in [0.29, 0.717) is 26.2 Å². The maximum absolute atomic E-state index is 12.4. The van der Waals surface area contributed by atoms with Crippen LogP contribution in [-0.2, 0) is 16.1 Å². The first-order valence-corrected chi connectivity index (χ1v) is 6.95. The predicted octanol–water partition coefficient (Wildman–Crippen LogP) is 1.96. The fraction of sp³-hybridized carbons (Fsp3) is 0.533. The monoisotopic (exact) mass is 298 g/mol. The maximum Gasteiger partial charge on any atom is 0.252 e. The molecular weight excluding hydrogens is 276 g/mol. The number of hydrogen-bond acceptors (Lipinski definition) is 3. The maximum atomic E-state index is 12.4. The normalized spacial score (nSPS) is 18.1. The summed E-state index contributed by atoms with van der Waals surface area (Å²) in [4.78, 5) is 14.2. The number of ether oxygens (including phenoxy) is 1. The van der Waals surface area contributed by atoms with Crippen LogP contribution in [0.4, 0.5) is 0 Å². The molecule has 112 valence electrons. The number of rotatable bonds is 5. The van der Waals surface area contributed by atoms with E-state index in [0.717, 1.165) is 24.8 Å². The third-order valence-electron chi connectivity index (χ3n) is 3.38. The lowest BCUT2D eigenvalue weighted by Gasteiger charge is -2.29. The predicted molar refractivity (Wildman–Crippen MR) is 81.8 cm³/mol. The summed E-state index contributed by atoms with van der Waals surface area (Å²) >= 11 is 0. The molecule has 0 radical (unpaired) electrons. The molecule has 1 aliphatic rings. The van der Waals surface area contributed by atoms with Gasteiger partial charge in [-0.1, -0.05) is 30.3 Å². The van der Waals surface area contributed by atoms with E-state index in [1.165, 1.54) is 0 Å². The van der Waals surface area contributed by atoms with E-state index in [9.17, 15) is 4.79 Å². The van der Waals surface area contributed by atoms with Gasteiger partial charge in [0.25, 0.3) is 5.91 Å². The molecule has 1 aromatic carbocycles. The van der Waals surface area contributed by atoms with E-state index >= 15 is 0 Å². The Kier molecular flexibility index (Phi) is 7.59. The molecule has 2 N–H and O–H groups in total. The van der Waals surface area contributed by atoms with Gasteiger partial charge in [-0.25, -0.2) is 0 Å². The number of nitrogens with zero attached hydrogens (tertiary/aromatic N) is 1. The van der Waals surface area contributed by atoms with E-state index in [-0.39, 0.29) is 24.4 Å². The molecule has 0 spiro atoms. The molecule has 0 aliphatic carbocycles. The highest BCUT2D eigenvalue weighted by Crippen LogP contribution is 2.16. The fourth-order valence-electron chi connectivity index (χ4n) is 2.37. The lowest BCUT2D eigenvalue weighted by atomic mass is 10.1. The Morgan fingerprint density at radius 2 is 2.05 bits per heavy atom. The quantitative estimate of drug-likeness (QED) is 0.904. The average Bonchev–Trinajstić information content (AvgIpc) is 2.48. The SMILES string of the molecule is Cl.NCCN(Cc1ccccc1)C(=O)C1CCCCO1. The minimum absolute atomic E-state index is 0. The highest BCUT2D eigenvalue weighted by atomic mass is 35.5. The van der Waals surface area contributed by atoms with Gasteiger partial charge in [0.1, 0.15) is 6.10 Å². The molecule has 1 saturated heterocycles. The second-order valence-corrected chi connectivity index (χ2v) is 4.89. The number of carbonyl (C=O) groups is 1. The molecule has 0 saturated carbocycles. The Bertz CT molecular complexity index is 394. The third kappa shape index (κ3) is 4.78. The number of benzene rings is 1.